The lowest BCUT2D eigenvalue weighted by molar-refractivity contribution is -0.169. The van der Waals surface area contributed by atoms with E-state index in [0.717, 1.165) is 5.56 Å². The molecular formula is C23H21N3O4. The number of nitrogen functional groups attached to an aromatic ring is 1. The van der Waals surface area contributed by atoms with Gasteiger partial charge in [0, 0.05) is 29.2 Å². The summed E-state index contributed by atoms with van der Waals surface area (Å²) < 4.78 is 6.04. The summed E-state index contributed by atoms with van der Waals surface area (Å²) >= 11 is 0. The number of aliphatic hydroxyl groups is 1. The second kappa shape index (κ2) is 5.96. The fourth-order valence-electron chi connectivity index (χ4n) is 4.45. The van der Waals surface area contributed by atoms with Gasteiger partial charge in [0.15, 0.2) is 0 Å². The van der Waals surface area contributed by atoms with E-state index in [0.29, 0.717) is 16.9 Å². The molecule has 152 valence electrons. The van der Waals surface area contributed by atoms with Gasteiger partial charge in [-0.2, -0.15) is 0 Å². The van der Waals surface area contributed by atoms with Crippen LogP contribution in [0, 0.1) is 0 Å². The van der Waals surface area contributed by atoms with E-state index in [-0.39, 0.29) is 22.7 Å². The maximum Gasteiger partial charge on any atom is 0.271 e. The van der Waals surface area contributed by atoms with Gasteiger partial charge < -0.3 is 25.9 Å². The molecule has 0 fully saturated rings. The van der Waals surface area contributed by atoms with E-state index >= 15 is 0 Å². The molecular weight excluding hydrogens is 382 g/mol. The second-order valence-electron chi connectivity index (χ2n) is 8.06. The molecule has 5 rings (SSSR count). The predicted molar refractivity (Wildman–Crippen MR) is 110 cm³/mol. The molecule has 5 N–H and O–H groups in total. The molecule has 2 aliphatic rings. The first kappa shape index (κ1) is 18.4. The van der Waals surface area contributed by atoms with Gasteiger partial charge in [-0.1, -0.05) is 38.1 Å². The number of amides is 1. The van der Waals surface area contributed by atoms with Gasteiger partial charge in [-0.05, 0) is 29.7 Å². The Morgan fingerprint density at radius 3 is 2.70 bits per heavy atom. The lowest BCUT2D eigenvalue weighted by Gasteiger charge is -2.34. The minimum absolute atomic E-state index is 0.160. The molecule has 1 aromatic heterocycles. The van der Waals surface area contributed by atoms with Gasteiger partial charge in [-0.3, -0.25) is 9.59 Å². The third-order valence-corrected chi connectivity index (χ3v) is 6.03. The first-order chi connectivity index (χ1) is 14.3. The monoisotopic (exact) mass is 403 g/mol. The lowest BCUT2D eigenvalue weighted by Crippen LogP contribution is -2.60. The standard InChI is InChI=1S/C23H21N3O4/c1-12(2)13-6-7-15-18(10-13)30-23(29)16-4-3-5-17(24)19(16)20(27)22(15,23)26-21(28)14-8-9-25-11-14/h3-12,25,29H,24H2,1-2H3,(H,26,28). The Balaban J connectivity index is 1.76. The Bertz CT molecular complexity index is 1200. The molecule has 0 radical (unpaired) electrons. The number of H-pyrrole nitrogens is 1. The van der Waals surface area contributed by atoms with E-state index in [1.54, 1.807) is 42.6 Å². The summed E-state index contributed by atoms with van der Waals surface area (Å²) in [6.45, 7) is 4.08. The number of fused-ring (bicyclic) bond motifs is 5. The molecule has 1 aliphatic heterocycles. The van der Waals surface area contributed by atoms with Gasteiger partial charge in [0.2, 0.25) is 11.3 Å². The molecule has 0 saturated carbocycles. The number of nitrogens with one attached hydrogen (secondary N) is 2. The summed E-state index contributed by atoms with van der Waals surface area (Å²) in [5.41, 5.74) is 6.59. The van der Waals surface area contributed by atoms with Gasteiger partial charge >= 0.3 is 0 Å². The summed E-state index contributed by atoms with van der Waals surface area (Å²) in [7, 11) is 0. The van der Waals surface area contributed by atoms with Crippen LogP contribution in [0.25, 0.3) is 0 Å². The summed E-state index contributed by atoms with van der Waals surface area (Å²) in [4.78, 5) is 29.6. The minimum Gasteiger partial charge on any atom is -0.454 e. The smallest absolute Gasteiger partial charge is 0.271 e. The zero-order valence-corrected chi connectivity index (χ0v) is 16.5. The third-order valence-electron chi connectivity index (χ3n) is 6.03. The quantitative estimate of drug-likeness (QED) is 0.502. The van der Waals surface area contributed by atoms with Crippen LogP contribution in [0.15, 0.2) is 54.9 Å². The van der Waals surface area contributed by atoms with Crippen molar-refractivity contribution in [2.24, 2.45) is 0 Å². The van der Waals surface area contributed by atoms with Crippen molar-refractivity contribution < 1.29 is 19.4 Å². The molecule has 0 saturated heterocycles. The number of aromatic amines is 1. The highest BCUT2D eigenvalue weighted by Crippen LogP contribution is 2.59. The highest BCUT2D eigenvalue weighted by Gasteiger charge is 2.72. The van der Waals surface area contributed by atoms with Crippen LogP contribution in [0.4, 0.5) is 5.69 Å². The second-order valence-corrected chi connectivity index (χ2v) is 8.06. The number of benzene rings is 2. The average molecular weight is 403 g/mol. The first-order valence-electron chi connectivity index (χ1n) is 9.74. The van der Waals surface area contributed by atoms with Crippen LogP contribution < -0.4 is 15.8 Å². The Morgan fingerprint density at radius 2 is 2.00 bits per heavy atom. The highest BCUT2D eigenvalue weighted by molar-refractivity contribution is 6.16. The van der Waals surface area contributed by atoms with E-state index in [1.165, 1.54) is 6.20 Å². The molecule has 0 bridgehead atoms. The van der Waals surface area contributed by atoms with Crippen LogP contribution in [0.5, 0.6) is 5.75 Å². The average Bonchev–Trinajstić information content (AvgIpc) is 3.37. The predicted octanol–water partition coefficient (Wildman–Crippen LogP) is 2.78. The van der Waals surface area contributed by atoms with Gasteiger partial charge in [-0.25, -0.2) is 0 Å². The molecule has 0 spiro atoms. The number of ether oxygens (including phenoxy) is 1. The van der Waals surface area contributed by atoms with Crippen molar-refractivity contribution in [3.8, 4) is 5.75 Å². The van der Waals surface area contributed by atoms with Crippen LogP contribution >= 0.6 is 0 Å². The van der Waals surface area contributed by atoms with Gasteiger partial charge in [0.05, 0.1) is 11.1 Å². The van der Waals surface area contributed by atoms with Crippen LogP contribution in [0.1, 0.15) is 57.2 Å². The SMILES string of the molecule is CC(C)c1ccc2c(c1)OC1(O)c3cccc(N)c3C(=O)C21NC(=O)c1cc[nH]c1. The lowest BCUT2D eigenvalue weighted by atomic mass is 9.82. The molecule has 2 aromatic carbocycles. The largest absolute Gasteiger partial charge is 0.454 e. The molecule has 2 unspecified atom stereocenters. The van der Waals surface area contributed by atoms with Crippen molar-refractivity contribution in [3.63, 3.8) is 0 Å². The number of ketones is 1. The van der Waals surface area contributed by atoms with Gasteiger partial charge in [0.1, 0.15) is 5.75 Å². The summed E-state index contributed by atoms with van der Waals surface area (Å²) in [6, 6.07) is 11.8. The van der Waals surface area contributed by atoms with E-state index in [9.17, 15) is 14.7 Å². The molecule has 30 heavy (non-hydrogen) atoms. The van der Waals surface area contributed by atoms with Gasteiger partial charge in [-0.15, -0.1) is 0 Å². The Labute approximate surface area is 172 Å². The Morgan fingerprint density at radius 1 is 1.20 bits per heavy atom. The Hall–Kier alpha value is -3.58. The molecule has 1 aliphatic carbocycles. The third kappa shape index (κ3) is 2.12. The highest BCUT2D eigenvalue weighted by atomic mass is 16.6. The number of hydrogen-bond acceptors (Lipinski definition) is 5. The van der Waals surface area contributed by atoms with E-state index in [1.807, 2.05) is 19.9 Å². The van der Waals surface area contributed by atoms with Crippen LogP contribution in [0.3, 0.4) is 0 Å². The zero-order chi connectivity index (χ0) is 21.3. The number of rotatable bonds is 3. The van der Waals surface area contributed by atoms with Crippen molar-refractivity contribution >= 4 is 17.4 Å². The fourth-order valence-corrected chi connectivity index (χ4v) is 4.45. The van der Waals surface area contributed by atoms with Crippen LogP contribution in [0.2, 0.25) is 0 Å². The zero-order valence-electron chi connectivity index (χ0n) is 16.5. The van der Waals surface area contributed by atoms with E-state index in [2.05, 4.69) is 10.3 Å². The van der Waals surface area contributed by atoms with Crippen molar-refractivity contribution in [1.82, 2.24) is 10.3 Å². The van der Waals surface area contributed by atoms with Crippen LogP contribution in [-0.4, -0.2) is 21.8 Å². The van der Waals surface area contributed by atoms with Crippen LogP contribution in [-0.2, 0) is 11.3 Å². The molecule has 2 atom stereocenters. The maximum atomic E-state index is 13.8. The van der Waals surface area contributed by atoms with E-state index < -0.39 is 23.0 Å². The summed E-state index contributed by atoms with van der Waals surface area (Å²) in [5.74, 6) is -2.55. The molecule has 7 heteroatoms. The Kier molecular flexibility index (Phi) is 3.67. The summed E-state index contributed by atoms with van der Waals surface area (Å²) in [6.07, 6.45) is 3.13. The fraction of sp³-hybridized carbons (Fsp3) is 0.217. The number of aromatic nitrogens is 1. The number of carbonyl (C=O) groups is 2. The van der Waals surface area contributed by atoms with E-state index in [4.69, 9.17) is 10.5 Å². The van der Waals surface area contributed by atoms with Gasteiger partial charge in [0.25, 0.3) is 11.7 Å². The van der Waals surface area contributed by atoms with Crippen molar-refractivity contribution in [2.45, 2.75) is 31.1 Å². The summed E-state index contributed by atoms with van der Waals surface area (Å²) in [5, 5.41) is 14.6. The van der Waals surface area contributed by atoms with Crippen molar-refractivity contribution in [3.05, 3.63) is 82.7 Å². The molecule has 3 aromatic rings. The van der Waals surface area contributed by atoms with Crippen molar-refractivity contribution in [2.75, 3.05) is 5.73 Å². The number of Topliss-reactive ketones (excluding diaryl/α,β-unsaturated/α-hetero) is 1. The van der Waals surface area contributed by atoms with Crippen molar-refractivity contribution in [1.29, 1.82) is 0 Å². The number of anilines is 1. The molecule has 7 nitrogen and oxygen atoms in total. The first-order valence-corrected chi connectivity index (χ1v) is 9.74. The maximum absolute atomic E-state index is 13.8. The normalized spacial score (nSPS) is 23.7. The topological polar surface area (TPSA) is 117 Å². The number of nitrogens with two attached hydrogens (primary N) is 1. The molecule has 2 heterocycles. The molecule has 1 amide bonds. The number of hydrogen-bond donors (Lipinski definition) is 4. The minimum atomic E-state index is -2.11. The number of carbonyl (C=O) groups excluding carboxylic acids is 2.